The average Bonchev–Trinajstić information content (AvgIpc) is 3.10. The molecule has 6 heteroatoms. The summed E-state index contributed by atoms with van der Waals surface area (Å²) in [5, 5.41) is 7.73. The lowest BCUT2D eigenvalue weighted by molar-refractivity contribution is 1.02. The minimum Gasteiger partial charge on any atom is -0.367 e. The van der Waals surface area contributed by atoms with E-state index in [1.54, 1.807) is 18.2 Å². The van der Waals surface area contributed by atoms with Crippen LogP contribution in [0.5, 0.6) is 0 Å². The van der Waals surface area contributed by atoms with Crippen molar-refractivity contribution in [1.82, 2.24) is 9.97 Å². The molecule has 1 heterocycles. The van der Waals surface area contributed by atoms with Gasteiger partial charge in [-0.05, 0) is 38.0 Å². The molecular weight excluding hydrogens is 295 g/mol. The van der Waals surface area contributed by atoms with Crippen molar-refractivity contribution in [3.8, 4) is 0 Å². The maximum Gasteiger partial charge on any atom is 0.136 e. The van der Waals surface area contributed by atoms with E-state index in [2.05, 4.69) is 20.6 Å². The van der Waals surface area contributed by atoms with Crippen molar-refractivity contribution in [1.29, 1.82) is 0 Å². The normalized spacial score (nSPS) is 14.2. The summed E-state index contributed by atoms with van der Waals surface area (Å²) >= 11 is 12.0. The minimum absolute atomic E-state index is 0.553. The second kappa shape index (κ2) is 5.46. The number of hydrogen-bond acceptors (Lipinski definition) is 4. The van der Waals surface area contributed by atoms with Gasteiger partial charge in [-0.25, -0.2) is 9.97 Å². The van der Waals surface area contributed by atoms with Crippen LogP contribution in [0.4, 0.5) is 17.3 Å². The monoisotopic (exact) mass is 308 g/mol. The Morgan fingerprint density at radius 1 is 1.00 bits per heavy atom. The van der Waals surface area contributed by atoms with Crippen molar-refractivity contribution < 1.29 is 0 Å². The second-order valence-electron chi connectivity index (χ2n) is 4.89. The SMILES string of the molecule is Cc1nc(Nc2cc(Cl)cc(Cl)c2)cc(NC2CC2)n1. The molecule has 1 aliphatic rings. The number of benzene rings is 1. The highest BCUT2D eigenvalue weighted by molar-refractivity contribution is 6.35. The molecule has 1 aliphatic carbocycles. The zero-order valence-corrected chi connectivity index (χ0v) is 12.5. The van der Waals surface area contributed by atoms with Crippen molar-refractivity contribution >= 4 is 40.5 Å². The fourth-order valence-corrected chi connectivity index (χ4v) is 2.44. The van der Waals surface area contributed by atoms with Gasteiger partial charge < -0.3 is 10.6 Å². The van der Waals surface area contributed by atoms with Crippen LogP contribution in [0.2, 0.25) is 10.0 Å². The van der Waals surface area contributed by atoms with E-state index in [4.69, 9.17) is 23.2 Å². The quantitative estimate of drug-likeness (QED) is 0.878. The molecule has 1 aromatic carbocycles. The number of aryl methyl sites for hydroxylation is 1. The lowest BCUT2D eigenvalue weighted by Crippen LogP contribution is -2.06. The molecule has 1 saturated carbocycles. The Morgan fingerprint density at radius 2 is 1.65 bits per heavy atom. The van der Waals surface area contributed by atoms with Crippen LogP contribution in [-0.2, 0) is 0 Å². The highest BCUT2D eigenvalue weighted by atomic mass is 35.5. The molecule has 0 amide bonds. The number of rotatable bonds is 4. The average molecular weight is 309 g/mol. The molecule has 0 atom stereocenters. The third-order valence-corrected chi connectivity index (χ3v) is 3.34. The third kappa shape index (κ3) is 3.52. The number of halogens is 2. The molecule has 0 aliphatic heterocycles. The van der Waals surface area contributed by atoms with Gasteiger partial charge in [0.05, 0.1) is 0 Å². The van der Waals surface area contributed by atoms with Gasteiger partial charge in [0.1, 0.15) is 17.5 Å². The second-order valence-corrected chi connectivity index (χ2v) is 5.76. The van der Waals surface area contributed by atoms with Crippen LogP contribution >= 0.6 is 23.2 Å². The van der Waals surface area contributed by atoms with Crippen molar-refractivity contribution in [2.45, 2.75) is 25.8 Å². The summed E-state index contributed by atoms with van der Waals surface area (Å²) in [5.41, 5.74) is 0.804. The van der Waals surface area contributed by atoms with E-state index in [1.165, 1.54) is 12.8 Å². The number of nitrogens with one attached hydrogen (secondary N) is 2. The lowest BCUT2D eigenvalue weighted by atomic mass is 10.3. The first kappa shape index (κ1) is 13.5. The Hall–Kier alpha value is -1.52. The standard InChI is InChI=1S/C14H14Cl2N4/c1-8-17-13(19-11-2-3-11)7-14(18-8)20-12-5-9(15)4-10(16)6-12/h4-7,11H,2-3H2,1H3,(H2,17,18,19,20). The topological polar surface area (TPSA) is 49.8 Å². The molecule has 0 spiro atoms. The van der Waals surface area contributed by atoms with E-state index in [0.717, 1.165) is 17.3 Å². The van der Waals surface area contributed by atoms with Crippen LogP contribution in [0.25, 0.3) is 0 Å². The smallest absolute Gasteiger partial charge is 0.136 e. The van der Waals surface area contributed by atoms with Gasteiger partial charge in [0.25, 0.3) is 0 Å². The van der Waals surface area contributed by atoms with E-state index >= 15 is 0 Å². The third-order valence-electron chi connectivity index (χ3n) is 2.90. The molecular formula is C14H14Cl2N4. The lowest BCUT2D eigenvalue weighted by Gasteiger charge is -2.10. The molecule has 1 aromatic heterocycles. The molecule has 0 radical (unpaired) electrons. The predicted octanol–water partition coefficient (Wildman–Crippen LogP) is 4.41. The first-order valence-corrected chi connectivity index (χ1v) is 7.19. The van der Waals surface area contributed by atoms with Crippen molar-refractivity contribution in [2.24, 2.45) is 0 Å². The number of anilines is 3. The maximum atomic E-state index is 5.99. The van der Waals surface area contributed by atoms with E-state index in [9.17, 15) is 0 Å². The van der Waals surface area contributed by atoms with Gasteiger partial charge in [-0.3, -0.25) is 0 Å². The fourth-order valence-electron chi connectivity index (χ4n) is 1.92. The van der Waals surface area contributed by atoms with Crippen LogP contribution in [0.1, 0.15) is 18.7 Å². The van der Waals surface area contributed by atoms with Crippen LogP contribution in [0, 0.1) is 6.92 Å². The van der Waals surface area contributed by atoms with Gasteiger partial charge in [-0.15, -0.1) is 0 Å². The molecule has 0 bridgehead atoms. The summed E-state index contributed by atoms with van der Waals surface area (Å²) in [6.07, 6.45) is 2.41. The molecule has 20 heavy (non-hydrogen) atoms. The van der Waals surface area contributed by atoms with Gasteiger partial charge in [-0.2, -0.15) is 0 Å². The predicted molar refractivity (Wildman–Crippen MR) is 83.2 cm³/mol. The zero-order chi connectivity index (χ0) is 14.1. The van der Waals surface area contributed by atoms with Crippen molar-refractivity contribution in [2.75, 3.05) is 10.6 Å². The van der Waals surface area contributed by atoms with E-state index in [0.29, 0.717) is 21.9 Å². The number of aromatic nitrogens is 2. The van der Waals surface area contributed by atoms with Gasteiger partial charge in [-0.1, -0.05) is 23.2 Å². The summed E-state index contributed by atoms with van der Waals surface area (Å²) in [5.74, 6) is 2.28. The largest absolute Gasteiger partial charge is 0.367 e. The van der Waals surface area contributed by atoms with Crippen molar-refractivity contribution in [3.63, 3.8) is 0 Å². The molecule has 1 fully saturated rings. The van der Waals surface area contributed by atoms with E-state index in [1.807, 2.05) is 13.0 Å². The van der Waals surface area contributed by atoms with Crippen LogP contribution in [0.3, 0.4) is 0 Å². The van der Waals surface area contributed by atoms with Gasteiger partial charge in [0.15, 0.2) is 0 Å². The van der Waals surface area contributed by atoms with Gasteiger partial charge in [0.2, 0.25) is 0 Å². The van der Waals surface area contributed by atoms with Crippen LogP contribution in [0.15, 0.2) is 24.3 Å². The van der Waals surface area contributed by atoms with Gasteiger partial charge >= 0.3 is 0 Å². The molecule has 0 unspecified atom stereocenters. The minimum atomic E-state index is 0.553. The Labute approximate surface area is 127 Å². The Morgan fingerprint density at radius 3 is 2.30 bits per heavy atom. The first-order valence-electron chi connectivity index (χ1n) is 6.44. The molecule has 3 rings (SSSR count). The Kier molecular flexibility index (Phi) is 3.68. The number of hydrogen-bond donors (Lipinski definition) is 2. The summed E-state index contributed by atoms with van der Waals surface area (Å²) in [7, 11) is 0. The molecule has 4 nitrogen and oxygen atoms in total. The molecule has 0 saturated heterocycles. The summed E-state index contributed by atoms with van der Waals surface area (Å²) in [6.45, 7) is 1.87. The first-order chi connectivity index (χ1) is 9.58. The summed E-state index contributed by atoms with van der Waals surface area (Å²) in [6, 6.07) is 7.75. The molecule has 2 aromatic rings. The number of nitrogens with zero attached hydrogens (tertiary/aromatic N) is 2. The highest BCUT2D eigenvalue weighted by Gasteiger charge is 2.21. The van der Waals surface area contributed by atoms with E-state index < -0.39 is 0 Å². The van der Waals surface area contributed by atoms with Crippen LogP contribution < -0.4 is 10.6 Å². The Bertz CT molecular complexity index is 621. The highest BCUT2D eigenvalue weighted by Crippen LogP contribution is 2.27. The van der Waals surface area contributed by atoms with Crippen LogP contribution in [-0.4, -0.2) is 16.0 Å². The fraction of sp³-hybridized carbons (Fsp3) is 0.286. The van der Waals surface area contributed by atoms with Gasteiger partial charge in [0, 0.05) is 27.8 Å². The summed E-state index contributed by atoms with van der Waals surface area (Å²) < 4.78 is 0. The van der Waals surface area contributed by atoms with Crippen molar-refractivity contribution in [3.05, 3.63) is 40.1 Å². The molecule has 2 N–H and O–H groups in total. The maximum absolute atomic E-state index is 5.99. The summed E-state index contributed by atoms with van der Waals surface area (Å²) in [4.78, 5) is 8.74. The molecule has 104 valence electrons. The van der Waals surface area contributed by atoms with E-state index in [-0.39, 0.29) is 0 Å². The Balaban J connectivity index is 1.83. The zero-order valence-electron chi connectivity index (χ0n) is 11.0.